The van der Waals surface area contributed by atoms with Crippen LogP contribution in [0.3, 0.4) is 0 Å². The molecule has 0 saturated heterocycles. The fourth-order valence-corrected chi connectivity index (χ4v) is 4.15. The molecular formula is C27H36N4O2. The van der Waals surface area contributed by atoms with Gasteiger partial charge in [-0.05, 0) is 49.4 Å². The molecule has 2 amide bonds. The Morgan fingerprint density at radius 2 is 1.67 bits per heavy atom. The summed E-state index contributed by atoms with van der Waals surface area (Å²) < 4.78 is 1.94. The van der Waals surface area contributed by atoms with Crippen LogP contribution >= 0.6 is 0 Å². The van der Waals surface area contributed by atoms with Crippen LogP contribution in [0.1, 0.15) is 55.0 Å². The number of aryl methyl sites for hydroxylation is 2. The predicted molar refractivity (Wildman–Crippen MR) is 133 cm³/mol. The number of amides is 2. The van der Waals surface area contributed by atoms with Crippen molar-refractivity contribution in [2.45, 2.75) is 54.6 Å². The fourth-order valence-electron chi connectivity index (χ4n) is 4.15. The predicted octanol–water partition coefficient (Wildman–Crippen LogP) is 4.72. The monoisotopic (exact) mass is 448 g/mol. The van der Waals surface area contributed by atoms with Crippen molar-refractivity contribution in [3.63, 3.8) is 0 Å². The summed E-state index contributed by atoms with van der Waals surface area (Å²) >= 11 is 0. The van der Waals surface area contributed by atoms with Crippen molar-refractivity contribution in [1.29, 1.82) is 0 Å². The maximum absolute atomic E-state index is 13.3. The highest BCUT2D eigenvalue weighted by atomic mass is 16.2. The highest BCUT2D eigenvalue weighted by Gasteiger charge is 2.20. The summed E-state index contributed by atoms with van der Waals surface area (Å²) in [4.78, 5) is 32.8. The van der Waals surface area contributed by atoms with E-state index in [1.54, 1.807) is 0 Å². The second-order valence-electron chi connectivity index (χ2n) is 9.69. The van der Waals surface area contributed by atoms with Gasteiger partial charge in [-0.15, -0.1) is 0 Å². The highest BCUT2D eigenvalue weighted by molar-refractivity contribution is 5.95. The number of aromatic nitrogens is 2. The van der Waals surface area contributed by atoms with E-state index in [0.29, 0.717) is 23.2 Å². The Morgan fingerprint density at radius 3 is 2.30 bits per heavy atom. The standard InChI is InChI=1S/C27H36N4O2/c1-18(2)15-30(16-19(3)4)26(32)17-31-24-10-8-7-9-23(24)29-25(31)14-28-27(33)22-12-11-20(5)13-21(22)6/h7-13,18-19H,14-17H2,1-6H3,(H,28,33). The number of carbonyl (C=O) groups excluding carboxylic acids is 2. The number of benzene rings is 2. The zero-order chi connectivity index (χ0) is 24.1. The van der Waals surface area contributed by atoms with E-state index in [1.807, 2.05) is 65.8 Å². The minimum absolute atomic E-state index is 0.0718. The van der Waals surface area contributed by atoms with Crippen molar-refractivity contribution in [3.05, 3.63) is 65.0 Å². The van der Waals surface area contributed by atoms with Crippen molar-refractivity contribution in [2.75, 3.05) is 13.1 Å². The number of nitrogens with one attached hydrogen (secondary N) is 1. The van der Waals surface area contributed by atoms with Crippen molar-refractivity contribution >= 4 is 22.8 Å². The number of carbonyl (C=O) groups is 2. The Bertz CT molecular complexity index is 1120. The van der Waals surface area contributed by atoms with Gasteiger partial charge in [-0.1, -0.05) is 57.5 Å². The first kappa shape index (κ1) is 24.5. The number of fused-ring (bicyclic) bond motifs is 1. The Hall–Kier alpha value is -3.15. The lowest BCUT2D eigenvalue weighted by Gasteiger charge is -2.27. The molecule has 0 atom stereocenters. The first-order valence-corrected chi connectivity index (χ1v) is 11.7. The molecule has 0 radical (unpaired) electrons. The Morgan fingerprint density at radius 1 is 1.00 bits per heavy atom. The average molecular weight is 449 g/mol. The van der Waals surface area contributed by atoms with Crippen LogP contribution in [-0.4, -0.2) is 39.4 Å². The third-order valence-corrected chi connectivity index (χ3v) is 5.58. The smallest absolute Gasteiger partial charge is 0.251 e. The van der Waals surface area contributed by atoms with Gasteiger partial charge < -0.3 is 14.8 Å². The van der Waals surface area contributed by atoms with E-state index in [9.17, 15) is 9.59 Å². The first-order valence-electron chi connectivity index (χ1n) is 11.7. The summed E-state index contributed by atoms with van der Waals surface area (Å²) in [7, 11) is 0. The summed E-state index contributed by atoms with van der Waals surface area (Å²) in [5.74, 6) is 1.39. The summed E-state index contributed by atoms with van der Waals surface area (Å²) in [6.07, 6.45) is 0. The molecule has 0 aliphatic heterocycles. The van der Waals surface area contributed by atoms with Gasteiger partial charge in [0.25, 0.3) is 5.91 Å². The third kappa shape index (κ3) is 6.21. The van der Waals surface area contributed by atoms with Gasteiger partial charge >= 0.3 is 0 Å². The molecule has 0 bridgehead atoms. The third-order valence-electron chi connectivity index (χ3n) is 5.58. The van der Waals surface area contributed by atoms with E-state index in [4.69, 9.17) is 4.98 Å². The minimum atomic E-state index is -0.140. The number of hydrogen-bond donors (Lipinski definition) is 1. The second kappa shape index (κ2) is 10.6. The van der Waals surface area contributed by atoms with E-state index in [2.05, 4.69) is 33.0 Å². The summed E-state index contributed by atoms with van der Waals surface area (Å²) in [6.45, 7) is 14.4. The molecule has 1 heterocycles. The molecule has 1 aromatic heterocycles. The molecule has 0 unspecified atom stereocenters. The van der Waals surface area contributed by atoms with Crippen LogP contribution in [0.25, 0.3) is 11.0 Å². The van der Waals surface area contributed by atoms with Crippen molar-refractivity contribution in [1.82, 2.24) is 19.8 Å². The lowest BCUT2D eigenvalue weighted by atomic mass is 10.1. The Balaban J connectivity index is 1.84. The number of para-hydroxylation sites is 2. The highest BCUT2D eigenvalue weighted by Crippen LogP contribution is 2.18. The van der Waals surface area contributed by atoms with Gasteiger partial charge in [-0.25, -0.2) is 4.98 Å². The molecule has 176 valence electrons. The van der Waals surface area contributed by atoms with Crippen LogP contribution < -0.4 is 5.32 Å². The van der Waals surface area contributed by atoms with Crippen LogP contribution in [0, 0.1) is 25.7 Å². The lowest BCUT2D eigenvalue weighted by Crippen LogP contribution is -2.39. The molecule has 0 saturated carbocycles. The fraction of sp³-hybridized carbons (Fsp3) is 0.444. The van der Waals surface area contributed by atoms with Crippen LogP contribution in [0.2, 0.25) is 0 Å². The second-order valence-corrected chi connectivity index (χ2v) is 9.69. The van der Waals surface area contributed by atoms with E-state index in [-0.39, 0.29) is 24.9 Å². The number of nitrogens with zero attached hydrogens (tertiary/aromatic N) is 3. The van der Waals surface area contributed by atoms with Crippen molar-refractivity contribution in [2.24, 2.45) is 11.8 Å². The van der Waals surface area contributed by atoms with Gasteiger partial charge in [0.2, 0.25) is 5.91 Å². The normalized spacial score (nSPS) is 11.4. The molecule has 2 aromatic carbocycles. The van der Waals surface area contributed by atoms with Crippen LogP contribution in [0.5, 0.6) is 0 Å². The maximum atomic E-state index is 13.3. The molecule has 6 nitrogen and oxygen atoms in total. The Labute approximate surface area is 197 Å². The van der Waals surface area contributed by atoms with Crippen molar-refractivity contribution < 1.29 is 9.59 Å². The maximum Gasteiger partial charge on any atom is 0.251 e. The zero-order valence-electron chi connectivity index (χ0n) is 20.7. The van der Waals surface area contributed by atoms with Crippen LogP contribution in [0.4, 0.5) is 0 Å². The van der Waals surface area contributed by atoms with Crippen molar-refractivity contribution in [3.8, 4) is 0 Å². The molecule has 0 fully saturated rings. The molecule has 0 aliphatic carbocycles. The molecule has 1 N–H and O–H groups in total. The van der Waals surface area contributed by atoms with Crippen LogP contribution in [0.15, 0.2) is 42.5 Å². The number of hydrogen-bond acceptors (Lipinski definition) is 3. The van der Waals surface area contributed by atoms with Gasteiger partial charge in [-0.2, -0.15) is 0 Å². The molecule has 6 heteroatoms. The van der Waals surface area contributed by atoms with E-state index in [1.165, 1.54) is 0 Å². The quantitative estimate of drug-likeness (QED) is 0.515. The molecule has 3 aromatic rings. The zero-order valence-corrected chi connectivity index (χ0v) is 20.7. The van der Waals surface area contributed by atoms with Gasteiger partial charge in [0, 0.05) is 18.7 Å². The largest absolute Gasteiger partial charge is 0.345 e. The number of imidazole rings is 1. The summed E-state index contributed by atoms with van der Waals surface area (Å²) in [6, 6.07) is 13.6. The van der Waals surface area contributed by atoms with Crippen LogP contribution in [-0.2, 0) is 17.9 Å². The van der Waals surface area contributed by atoms with E-state index >= 15 is 0 Å². The number of rotatable bonds is 9. The van der Waals surface area contributed by atoms with Gasteiger partial charge in [0.05, 0.1) is 17.6 Å². The molecule has 0 spiro atoms. The molecule has 3 rings (SSSR count). The summed E-state index contributed by atoms with van der Waals surface area (Å²) in [5, 5.41) is 3.00. The van der Waals surface area contributed by atoms with E-state index in [0.717, 1.165) is 35.2 Å². The van der Waals surface area contributed by atoms with Gasteiger partial charge in [0.1, 0.15) is 12.4 Å². The average Bonchev–Trinajstić information content (AvgIpc) is 3.08. The SMILES string of the molecule is Cc1ccc(C(=O)NCc2nc3ccccc3n2CC(=O)N(CC(C)C)CC(C)C)c(C)c1. The first-order chi connectivity index (χ1) is 15.7. The topological polar surface area (TPSA) is 67.2 Å². The van der Waals surface area contributed by atoms with E-state index < -0.39 is 0 Å². The molecule has 33 heavy (non-hydrogen) atoms. The molecular weight excluding hydrogens is 412 g/mol. The lowest BCUT2D eigenvalue weighted by molar-refractivity contribution is -0.132. The summed E-state index contributed by atoms with van der Waals surface area (Å²) in [5.41, 5.74) is 4.43. The Kier molecular flexibility index (Phi) is 7.90. The molecule has 0 aliphatic rings. The minimum Gasteiger partial charge on any atom is -0.345 e. The van der Waals surface area contributed by atoms with Gasteiger partial charge in [0.15, 0.2) is 0 Å². The van der Waals surface area contributed by atoms with Gasteiger partial charge in [-0.3, -0.25) is 9.59 Å².